The van der Waals surface area contributed by atoms with E-state index in [1.807, 2.05) is 36.2 Å². The summed E-state index contributed by atoms with van der Waals surface area (Å²) in [5, 5.41) is 19.3. The zero-order valence-corrected chi connectivity index (χ0v) is 14.3. The van der Waals surface area contributed by atoms with Crippen LogP contribution in [0.5, 0.6) is 0 Å². The van der Waals surface area contributed by atoms with E-state index in [4.69, 9.17) is 0 Å². The summed E-state index contributed by atoms with van der Waals surface area (Å²) in [4.78, 5) is 16.6. The monoisotopic (exact) mass is 320 g/mol. The molecule has 1 aliphatic heterocycles. The fraction of sp³-hybridized carbons (Fsp3) is 0.611. The second-order valence-electron chi connectivity index (χ2n) is 7.08. The first-order chi connectivity index (χ1) is 10.8. The maximum Gasteiger partial charge on any atom is 0.253 e. The second kappa shape index (κ2) is 7.43. The minimum absolute atomic E-state index is 0.00562. The normalized spacial score (nSPS) is 19.9. The molecular formula is C18H28N2O3. The predicted octanol–water partition coefficient (Wildman–Crippen LogP) is 1.14. The highest BCUT2D eigenvalue weighted by Crippen LogP contribution is 2.17. The molecule has 1 heterocycles. The summed E-state index contributed by atoms with van der Waals surface area (Å²) in [6.45, 7) is 5.66. The molecule has 1 aromatic rings. The van der Waals surface area contributed by atoms with Crippen LogP contribution in [0, 0.1) is 0 Å². The standard InChI is InChI=1S/C18H28N2O3/c1-18(2,23)8-7-14-5-4-6-15(11-14)17(22)20-10-9-19(3)16(12-20)13-21/h4-6,11,16,21,23H,7-10,12-13H2,1-3H3/t16-/m0/s1. The lowest BCUT2D eigenvalue weighted by Gasteiger charge is -2.38. The summed E-state index contributed by atoms with van der Waals surface area (Å²) in [5.41, 5.74) is 1.04. The van der Waals surface area contributed by atoms with Crippen molar-refractivity contribution in [3.05, 3.63) is 35.4 Å². The molecule has 0 unspecified atom stereocenters. The van der Waals surface area contributed by atoms with Crippen molar-refractivity contribution in [2.24, 2.45) is 0 Å². The number of carbonyl (C=O) groups excluding carboxylic acids is 1. The number of nitrogens with zero attached hydrogens (tertiary/aromatic N) is 2. The van der Waals surface area contributed by atoms with Crippen molar-refractivity contribution in [2.75, 3.05) is 33.3 Å². The van der Waals surface area contributed by atoms with Crippen LogP contribution in [0.2, 0.25) is 0 Å². The van der Waals surface area contributed by atoms with Gasteiger partial charge in [0.05, 0.1) is 18.2 Å². The van der Waals surface area contributed by atoms with E-state index in [2.05, 4.69) is 4.90 Å². The van der Waals surface area contributed by atoms with Gasteiger partial charge >= 0.3 is 0 Å². The number of likely N-dealkylation sites (N-methyl/N-ethyl adjacent to an activating group) is 1. The number of hydrogen-bond donors (Lipinski definition) is 2. The van der Waals surface area contributed by atoms with E-state index in [0.717, 1.165) is 18.5 Å². The van der Waals surface area contributed by atoms with Crippen LogP contribution in [-0.4, -0.2) is 70.9 Å². The van der Waals surface area contributed by atoms with Crippen molar-refractivity contribution in [1.82, 2.24) is 9.80 Å². The Morgan fingerprint density at radius 2 is 2.09 bits per heavy atom. The number of rotatable bonds is 5. The minimum atomic E-state index is -0.703. The fourth-order valence-corrected chi connectivity index (χ4v) is 2.82. The highest BCUT2D eigenvalue weighted by molar-refractivity contribution is 5.94. The topological polar surface area (TPSA) is 64.0 Å². The molecule has 23 heavy (non-hydrogen) atoms. The quantitative estimate of drug-likeness (QED) is 0.854. The molecule has 0 saturated carbocycles. The van der Waals surface area contributed by atoms with Gasteiger partial charge in [0.2, 0.25) is 0 Å². The van der Waals surface area contributed by atoms with E-state index in [1.54, 1.807) is 13.8 Å². The van der Waals surface area contributed by atoms with Crippen molar-refractivity contribution < 1.29 is 15.0 Å². The van der Waals surface area contributed by atoms with Gasteiger partial charge in [0, 0.05) is 25.2 Å². The summed E-state index contributed by atoms with van der Waals surface area (Å²) < 4.78 is 0. The largest absolute Gasteiger partial charge is 0.395 e. The third-order valence-electron chi connectivity index (χ3n) is 4.47. The second-order valence-corrected chi connectivity index (χ2v) is 7.08. The fourth-order valence-electron chi connectivity index (χ4n) is 2.82. The van der Waals surface area contributed by atoms with Gasteiger partial charge in [-0.05, 0) is 51.4 Å². The van der Waals surface area contributed by atoms with Gasteiger partial charge in [0.1, 0.15) is 0 Å². The number of aliphatic hydroxyl groups is 2. The molecule has 2 rings (SSSR count). The van der Waals surface area contributed by atoms with E-state index in [0.29, 0.717) is 25.1 Å². The van der Waals surface area contributed by atoms with Gasteiger partial charge in [0.25, 0.3) is 5.91 Å². The van der Waals surface area contributed by atoms with E-state index in [9.17, 15) is 15.0 Å². The molecule has 1 aliphatic rings. The zero-order chi connectivity index (χ0) is 17.0. The van der Waals surface area contributed by atoms with E-state index in [1.165, 1.54) is 0 Å². The van der Waals surface area contributed by atoms with Crippen LogP contribution < -0.4 is 0 Å². The zero-order valence-electron chi connectivity index (χ0n) is 14.3. The number of benzene rings is 1. The van der Waals surface area contributed by atoms with Crippen LogP contribution in [0.15, 0.2) is 24.3 Å². The molecule has 2 N–H and O–H groups in total. The Labute approximate surface area is 138 Å². The molecule has 1 amide bonds. The minimum Gasteiger partial charge on any atom is -0.395 e. The Bertz CT molecular complexity index is 539. The first-order valence-corrected chi connectivity index (χ1v) is 8.22. The molecule has 1 aromatic carbocycles. The number of carbonyl (C=O) groups is 1. The number of hydrogen-bond acceptors (Lipinski definition) is 4. The first kappa shape index (κ1) is 17.9. The summed E-state index contributed by atoms with van der Waals surface area (Å²) in [6, 6.07) is 7.64. The molecule has 0 aromatic heterocycles. The maximum atomic E-state index is 12.7. The molecule has 128 valence electrons. The highest BCUT2D eigenvalue weighted by atomic mass is 16.3. The molecule has 1 atom stereocenters. The number of piperazine rings is 1. The third kappa shape index (κ3) is 5.03. The van der Waals surface area contributed by atoms with Gasteiger partial charge in [-0.15, -0.1) is 0 Å². The molecule has 0 bridgehead atoms. The maximum absolute atomic E-state index is 12.7. The Balaban J connectivity index is 2.05. The summed E-state index contributed by atoms with van der Waals surface area (Å²) in [7, 11) is 1.97. The van der Waals surface area contributed by atoms with Crippen LogP contribution in [-0.2, 0) is 6.42 Å². The van der Waals surface area contributed by atoms with E-state index >= 15 is 0 Å². The lowest BCUT2D eigenvalue weighted by molar-refractivity contribution is 0.0421. The molecule has 0 aliphatic carbocycles. The van der Waals surface area contributed by atoms with Gasteiger partial charge in [-0.2, -0.15) is 0 Å². The lowest BCUT2D eigenvalue weighted by Crippen LogP contribution is -2.54. The van der Waals surface area contributed by atoms with Crippen LogP contribution in [0.4, 0.5) is 0 Å². The molecule has 5 nitrogen and oxygen atoms in total. The van der Waals surface area contributed by atoms with E-state index < -0.39 is 5.60 Å². The van der Waals surface area contributed by atoms with Crippen molar-refractivity contribution >= 4 is 5.91 Å². The summed E-state index contributed by atoms with van der Waals surface area (Å²) in [6.07, 6.45) is 1.40. The van der Waals surface area contributed by atoms with Gasteiger partial charge in [-0.25, -0.2) is 0 Å². The molecule has 0 radical (unpaired) electrons. The Morgan fingerprint density at radius 3 is 2.74 bits per heavy atom. The van der Waals surface area contributed by atoms with Crippen molar-refractivity contribution in [2.45, 2.75) is 38.3 Å². The number of aryl methyl sites for hydroxylation is 1. The Hall–Kier alpha value is -1.43. The van der Waals surface area contributed by atoms with Crippen LogP contribution >= 0.6 is 0 Å². The van der Waals surface area contributed by atoms with E-state index in [-0.39, 0.29) is 18.6 Å². The summed E-state index contributed by atoms with van der Waals surface area (Å²) in [5.74, 6) is 0.0154. The Kier molecular flexibility index (Phi) is 5.79. The first-order valence-electron chi connectivity index (χ1n) is 8.22. The number of amides is 1. The molecule has 1 fully saturated rings. The molecule has 0 spiro atoms. The van der Waals surface area contributed by atoms with Crippen molar-refractivity contribution in [3.63, 3.8) is 0 Å². The molecular weight excluding hydrogens is 292 g/mol. The van der Waals surface area contributed by atoms with Crippen LogP contribution in [0.3, 0.4) is 0 Å². The Morgan fingerprint density at radius 1 is 1.35 bits per heavy atom. The van der Waals surface area contributed by atoms with Gasteiger partial charge in [0.15, 0.2) is 0 Å². The average molecular weight is 320 g/mol. The molecule has 5 heteroatoms. The third-order valence-corrected chi connectivity index (χ3v) is 4.47. The highest BCUT2D eigenvalue weighted by Gasteiger charge is 2.27. The van der Waals surface area contributed by atoms with Crippen molar-refractivity contribution in [3.8, 4) is 0 Å². The van der Waals surface area contributed by atoms with Gasteiger partial charge in [-0.1, -0.05) is 12.1 Å². The van der Waals surface area contributed by atoms with Gasteiger partial charge in [-0.3, -0.25) is 9.69 Å². The summed E-state index contributed by atoms with van der Waals surface area (Å²) >= 11 is 0. The molecule has 1 saturated heterocycles. The lowest BCUT2D eigenvalue weighted by atomic mass is 9.97. The number of aliphatic hydroxyl groups excluding tert-OH is 1. The SMILES string of the molecule is CN1CCN(C(=O)c2cccc(CCC(C)(C)O)c2)C[C@H]1CO. The van der Waals surface area contributed by atoms with Crippen LogP contribution in [0.25, 0.3) is 0 Å². The smallest absolute Gasteiger partial charge is 0.253 e. The predicted molar refractivity (Wildman–Crippen MR) is 90.5 cm³/mol. The van der Waals surface area contributed by atoms with Crippen molar-refractivity contribution in [1.29, 1.82) is 0 Å². The average Bonchev–Trinajstić information content (AvgIpc) is 2.52. The van der Waals surface area contributed by atoms with Gasteiger partial charge < -0.3 is 15.1 Å². The van der Waals surface area contributed by atoms with Crippen LogP contribution in [0.1, 0.15) is 36.2 Å².